The molecule has 0 aliphatic carbocycles. The maximum absolute atomic E-state index is 13.3. The van der Waals surface area contributed by atoms with Gasteiger partial charge in [0.05, 0.1) is 11.0 Å². The maximum atomic E-state index is 13.3. The maximum Gasteiger partial charge on any atom is 0.125 e. The largest absolute Gasteiger partial charge is 0.327 e. The molecule has 0 radical (unpaired) electrons. The van der Waals surface area contributed by atoms with Crippen LogP contribution in [0.15, 0.2) is 18.2 Å². The summed E-state index contributed by atoms with van der Waals surface area (Å²) in [5.41, 5.74) is 1.68. The van der Waals surface area contributed by atoms with Crippen molar-refractivity contribution in [1.82, 2.24) is 14.5 Å². The Labute approximate surface area is 124 Å². The fourth-order valence-electron chi connectivity index (χ4n) is 2.19. The van der Waals surface area contributed by atoms with E-state index in [0.717, 1.165) is 24.4 Å². The third kappa shape index (κ3) is 3.30. The van der Waals surface area contributed by atoms with E-state index in [2.05, 4.69) is 35.3 Å². The summed E-state index contributed by atoms with van der Waals surface area (Å²) in [5.74, 6) is 1.20. The molecule has 0 saturated heterocycles. The summed E-state index contributed by atoms with van der Waals surface area (Å²) in [6.07, 6.45) is 0.698. The number of likely N-dealkylation sites (N-methyl/N-ethyl adjacent to an activating group) is 1. The van der Waals surface area contributed by atoms with Crippen molar-refractivity contribution in [3.63, 3.8) is 0 Å². The second kappa shape index (κ2) is 6.55. The van der Waals surface area contributed by atoms with E-state index >= 15 is 0 Å². The summed E-state index contributed by atoms with van der Waals surface area (Å²) < 4.78 is 15.4. The Hall–Kier alpha value is -1.13. The number of alkyl halides is 1. The van der Waals surface area contributed by atoms with Crippen molar-refractivity contribution in [1.29, 1.82) is 0 Å². The van der Waals surface area contributed by atoms with Gasteiger partial charge in [0.15, 0.2) is 0 Å². The summed E-state index contributed by atoms with van der Waals surface area (Å²) >= 11 is 5.84. The van der Waals surface area contributed by atoms with Crippen LogP contribution in [0.4, 0.5) is 4.39 Å². The van der Waals surface area contributed by atoms with Gasteiger partial charge >= 0.3 is 0 Å². The van der Waals surface area contributed by atoms with E-state index in [0.29, 0.717) is 23.9 Å². The molecule has 0 unspecified atom stereocenters. The van der Waals surface area contributed by atoms with Gasteiger partial charge < -0.3 is 9.47 Å². The first kappa shape index (κ1) is 15.3. The summed E-state index contributed by atoms with van der Waals surface area (Å²) in [4.78, 5) is 6.78. The molecular formula is C15H21ClFN3. The number of hydrogen-bond donors (Lipinski definition) is 0. The predicted molar refractivity (Wildman–Crippen MR) is 81.9 cm³/mol. The number of nitrogens with zero attached hydrogens (tertiary/aromatic N) is 3. The Morgan fingerprint density at radius 2 is 2.15 bits per heavy atom. The van der Waals surface area contributed by atoms with Gasteiger partial charge in [0.1, 0.15) is 11.6 Å². The third-order valence-electron chi connectivity index (χ3n) is 3.67. The molecule has 1 heterocycles. The highest BCUT2D eigenvalue weighted by Crippen LogP contribution is 2.18. The highest BCUT2D eigenvalue weighted by atomic mass is 35.5. The minimum atomic E-state index is -0.251. The molecule has 0 bridgehead atoms. The summed E-state index contributed by atoms with van der Waals surface area (Å²) in [6, 6.07) is 5.26. The van der Waals surface area contributed by atoms with E-state index in [-0.39, 0.29) is 5.82 Å². The van der Waals surface area contributed by atoms with E-state index in [1.54, 1.807) is 6.07 Å². The zero-order chi connectivity index (χ0) is 14.7. The monoisotopic (exact) mass is 297 g/mol. The quantitative estimate of drug-likeness (QED) is 0.763. The van der Waals surface area contributed by atoms with Crippen LogP contribution in [0, 0.1) is 5.82 Å². The van der Waals surface area contributed by atoms with Gasteiger partial charge in [-0.3, -0.25) is 0 Å². The Morgan fingerprint density at radius 1 is 1.40 bits per heavy atom. The molecule has 2 aromatic rings. The lowest BCUT2D eigenvalue weighted by Gasteiger charge is -2.21. The summed E-state index contributed by atoms with van der Waals surface area (Å²) in [7, 11) is 2.10. The first-order chi connectivity index (χ1) is 9.52. The lowest BCUT2D eigenvalue weighted by molar-refractivity contribution is 0.263. The van der Waals surface area contributed by atoms with Crippen LogP contribution in [-0.4, -0.2) is 40.0 Å². The minimum absolute atomic E-state index is 0.251. The Bertz CT molecular complexity index is 580. The number of imidazole rings is 1. The van der Waals surface area contributed by atoms with Crippen LogP contribution in [0.2, 0.25) is 0 Å². The van der Waals surface area contributed by atoms with E-state index in [4.69, 9.17) is 11.6 Å². The number of aromatic nitrogens is 2. The van der Waals surface area contributed by atoms with Crippen molar-refractivity contribution < 1.29 is 4.39 Å². The summed E-state index contributed by atoms with van der Waals surface area (Å²) in [6.45, 7) is 6.10. The average Bonchev–Trinajstić information content (AvgIpc) is 2.72. The third-order valence-corrected chi connectivity index (χ3v) is 3.85. The summed E-state index contributed by atoms with van der Waals surface area (Å²) in [5, 5.41) is 0. The SMILES string of the molecule is CC(C)N(C)CCn1c(CCCl)nc2cc(F)ccc21. The van der Waals surface area contributed by atoms with Gasteiger partial charge in [-0.15, -0.1) is 11.6 Å². The minimum Gasteiger partial charge on any atom is -0.327 e. The molecule has 0 spiro atoms. The van der Waals surface area contributed by atoms with Crippen LogP contribution >= 0.6 is 11.6 Å². The lowest BCUT2D eigenvalue weighted by atomic mass is 10.3. The first-order valence-corrected chi connectivity index (χ1v) is 7.47. The van der Waals surface area contributed by atoms with Gasteiger partial charge in [-0.2, -0.15) is 0 Å². The number of benzene rings is 1. The van der Waals surface area contributed by atoms with Crippen molar-refractivity contribution >= 4 is 22.6 Å². The molecule has 0 aliphatic heterocycles. The smallest absolute Gasteiger partial charge is 0.125 e. The van der Waals surface area contributed by atoms with Crippen LogP contribution in [0.5, 0.6) is 0 Å². The molecule has 20 heavy (non-hydrogen) atoms. The molecule has 0 aliphatic rings. The second-order valence-corrected chi connectivity index (χ2v) is 5.70. The predicted octanol–water partition coefficient (Wildman–Crippen LogP) is 3.30. The van der Waals surface area contributed by atoms with Crippen LogP contribution in [0.3, 0.4) is 0 Å². The van der Waals surface area contributed by atoms with E-state index < -0.39 is 0 Å². The Balaban J connectivity index is 2.31. The number of aryl methyl sites for hydroxylation is 1. The van der Waals surface area contributed by atoms with Crippen molar-refractivity contribution in [3.05, 3.63) is 29.8 Å². The van der Waals surface area contributed by atoms with Crippen molar-refractivity contribution in [2.75, 3.05) is 19.5 Å². The number of fused-ring (bicyclic) bond motifs is 1. The van der Waals surface area contributed by atoms with Crippen molar-refractivity contribution in [3.8, 4) is 0 Å². The van der Waals surface area contributed by atoms with Gasteiger partial charge in [-0.1, -0.05) is 0 Å². The van der Waals surface area contributed by atoms with Crippen LogP contribution in [-0.2, 0) is 13.0 Å². The molecule has 1 aromatic carbocycles. The number of rotatable bonds is 6. The fraction of sp³-hybridized carbons (Fsp3) is 0.533. The molecule has 3 nitrogen and oxygen atoms in total. The van der Waals surface area contributed by atoms with Gasteiger partial charge in [-0.25, -0.2) is 9.37 Å². The average molecular weight is 298 g/mol. The molecule has 0 fully saturated rings. The lowest BCUT2D eigenvalue weighted by Crippen LogP contribution is -2.30. The van der Waals surface area contributed by atoms with Gasteiger partial charge in [0, 0.05) is 37.5 Å². The molecule has 2 rings (SSSR count). The second-order valence-electron chi connectivity index (χ2n) is 5.33. The Morgan fingerprint density at radius 3 is 2.80 bits per heavy atom. The molecular weight excluding hydrogens is 277 g/mol. The number of hydrogen-bond acceptors (Lipinski definition) is 2. The molecule has 5 heteroatoms. The normalized spacial score (nSPS) is 11.9. The molecule has 1 aromatic heterocycles. The van der Waals surface area contributed by atoms with Crippen LogP contribution in [0.1, 0.15) is 19.7 Å². The topological polar surface area (TPSA) is 21.1 Å². The van der Waals surface area contributed by atoms with Crippen molar-refractivity contribution in [2.24, 2.45) is 0 Å². The molecule has 0 amide bonds. The van der Waals surface area contributed by atoms with E-state index in [1.807, 2.05) is 0 Å². The molecule has 0 N–H and O–H groups in total. The highest BCUT2D eigenvalue weighted by molar-refractivity contribution is 6.17. The Kier molecular flexibility index (Phi) is 5.00. The van der Waals surface area contributed by atoms with Crippen LogP contribution in [0.25, 0.3) is 11.0 Å². The van der Waals surface area contributed by atoms with Gasteiger partial charge in [0.25, 0.3) is 0 Å². The molecule has 0 atom stereocenters. The fourth-order valence-corrected chi connectivity index (χ4v) is 2.36. The molecule has 0 saturated carbocycles. The first-order valence-electron chi connectivity index (χ1n) is 6.93. The standard InChI is InChI=1S/C15H21ClFN3/c1-11(2)19(3)8-9-20-14-5-4-12(17)10-13(14)18-15(20)6-7-16/h4-5,10-11H,6-9H2,1-3H3. The highest BCUT2D eigenvalue weighted by Gasteiger charge is 2.12. The van der Waals surface area contributed by atoms with Gasteiger partial charge in [-0.05, 0) is 33.0 Å². The number of halogens is 2. The molecule has 110 valence electrons. The zero-order valence-electron chi connectivity index (χ0n) is 12.2. The van der Waals surface area contributed by atoms with E-state index in [1.165, 1.54) is 12.1 Å². The van der Waals surface area contributed by atoms with Crippen molar-refractivity contribution in [2.45, 2.75) is 32.9 Å². The zero-order valence-corrected chi connectivity index (χ0v) is 13.0. The van der Waals surface area contributed by atoms with Crippen LogP contribution < -0.4 is 0 Å². The van der Waals surface area contributed by atoms with Gasteiger partial charge in [0.2, 0.25) is 0 Å². The van der Waals surface area contributed by atoms with E-state index in [9.17, 15) is 4.39 Å².